The van der Waals surface area contributed by atoms with E-state index in [1.165, 1.54) is 23.9 Å². The van der Waals surface area contributed by atoms with Gasteiger partial charge >= 0.3 is 0 Å². The average molecular weight is 506 g/mol. The number of anilines is 1. The largest absolute Gasteiger partial charge is 0.345 e. The van der Waals surface area contributed by atoms with E-state index in [0.717, 1.165) is 5.56 Å². The van der Waals surface area contributed by atoms with E-state index >= 15 is 0 Å². The number of carbonyl (C=O) groups is 2. The van der Waals surface area contributed by atoms with E-state index in [0.29, 0.717) is 27.6 Å². The number of rotatable bonds is 8. The number of thioether (sulfide) groups is 1. The Bertz CT molecular complexity index is 1110. The van der Waals surface area contributed by atoms with Gasteiger partial charge in [0.1, 0.15) is 5.82 Å². The second-order valence-corrected chi connectivity index (χ2v) is 8.46. The summed E-state index contributed by atoms with van der Waals surface area (Å²) >= 11 is 4.37. The number of nitrogens with zero attached hydrogens (tertiary/aromatic N) is 3. The molecule has 0 saturated heterocycles. The number of aryl methyl sites for hydroxylation is 1. The van der Waals surface area contributed by atoms with Gasteiger partial charge < -0.3 is 15.2 Å². The SMILES string of the molecule is CCn1c(CNC(=O)c2ccccc2C)nnc1SCC(=O)Nc1ccc(Br)cc1F. The van der Waals surface area contributed by atoms with Gasteiger partial charge in [0.15, 0.2) is 11.0 Å². The van der Waals surface area contributed by atoms with Gasteiger partial charge in [-0.2, -0.15) is 0 Å². The van der Waals surface area contributed by atoms with Crippen LogP contribution in [0.2, 0.25) is 0 Å². The van der Waals surface area contributed by atoms with Crippen molar-refractivity contribution in [3.05, 3.63) is 69.7 Å². The van der Waals surface area contributed by atoms with Crippen LogP contribution in [0.4, 0.5) is 10.1 Å². The van der Waals surface area contributed by atoms with Gasteiger partial charge in [-0.25, -0.2) is 4.39 Å². The van der Waals surface area contributed by atoms with Gasteiger partial charge in [-0.15, -0.1) is 10.2 Å². The number of halogens is 2. The van der Waals surface area contributed by atoms with Crippen LogP contribution in [0.3, 0.4) is 0 Å². The Kier molecular flexibility index (Phi) is 7.80. The number of carbonyl (C=O) groups excluding carboxylic acids is 2. The standard InChI is InChI=1S/C21H21BrFN5O2S/c1-3-28-18(11-24-20(30)15-7-5-4-6-13(15)2)26-27-21(28)31-12-19(29)25-17-9-8-14(22)10-16(17)23/h4-10H,3,11-12H2,1-2H3,(H,24,30)(H,25,29). The molecule has 0 atom stereocenters. The highest BCUT2D eigenvalue weighted by Crippen LogP contribution is 2.21. The molecule has 10 heteroatoms. The van der Waals surface area contributed by atoms with E-state index in [2.05, 4.69) is 36.8 Å². The van der Waals surface area contributed by atoms with Gasteiger partial charge in [0.2, 0.25) is 5.91 Å². The fourth-order valence-corrected chi connectivity index (χ4v) is 4.02. The smallest absolute Gasteiger partial charge is 0.251 e. The van der Waals surface area contributed by atoms with E-state index in [4.69, 9.17) is 0 Å². The predicted molar refractivity (Wildman–Crippen MR) is 121 cm³/mol. The number of hydrogen-bond donors (Lipinski definition) is 2. The van der Waals surface area contributed by atoms with Crippen molar-refractivity contribution in [2.75, 3.05) is 11.1 Å². The molecule has 0 fully saturated rings. The van der Waals surface area contributed by atoms with Crippen molar-refractivity contribution in [1.82, 2.24) is 20.1 Å². The third-order valence-corrected chi connectivity index (χ3v) is 5.90. The summed E-state index contributed by atoms with van der Waals surface area (Å²) in [6.07, 6.45) is 0. The highest BCUT2D eigenvalue weighted by molar-refractivity contribution is 9.10. The molecule has 2 aromatic carbocycles. The van der Waals surface area contributed by atoms with Crippen LogP contribution >= 0.6 is 27.7 Å². The number of amides is 2. The summed E-state index contributed by atoms with van der Waals surface area (Å²) in [6, 6.07) is 11.8. The van der Waals surface area contributed by atoms with E-state index in [9.17, 15) is 14.0 Å². The summed E-state index contributed by atoms with van der Waals surface area (Å²) in [7, 11) is 0. The third kappa shape index (κ3) is 5.92. The van der Waals surface area contributed by atoms with Crippen molar-refractivity contribution in [1.29, 1.82) is 0 Å². The molecule has 1 aromatic heterocycles. The van der Waals surface area contributed by atoms with E-state index < -0.39 is 5.82 Å². The zero-order valence-corrected chi connectivity index (χ0v) is 19.4. The van der Waals surface area contributed by atoms with Crippen LogP contribution < -0.4 is 10.6 Å². The predicted octanol–water partition coefficient (Wildman–Crippen LogP) is 4.17. The summed E-state index contributed by atoms with van der Waals surface area (Å²) in [6.45, 7) is 4.60. The molecule has 162 valence electrons. The van der Waals surface area contributed by atoms with Crippen molar-refractivity contribution >= 4 is 45.2 Å². The molecule has 0 radical (unpaired) electrons. The summed E-state index contributed by atoms with van der Waals surface area (Å²) < 4.78 is 16.3. The molecule has 0 saturated carbocycles. The second-order valence-electron chi connectivity index (χ2n) is 6.60. The lowest BCUT2D eigenvalue weighted by atomic mass is 10.1. The zero-order chi connectivity index (χ0) is 22.4. The summed E-state index contributed by atoms with van der Waals surface area (Å²) in [5, 5.41) is 14.2. The minimum absolute atomic E-state index is 0.0448. The summed E-state index contributed by atoms with van der Waals surface area (Å²) in [5.74, 6) is -0.425. The molecule has 0 unspecified atom stereocenters. The maximum absolute atomic E-state index is 13.9. The lowest BCUT2D eigenvalue weighted by Gasteiger charge is -2.10. The van der Waals surface area contributed by atoms with Crippen molar-refractivity contribution in [3.8, 4) is 0 Å². The van der Waals surface area contributed by atoms with Gasteiger partial charge in [0, 0.05) is 16.6 Å². The van der Waals surface area contributed by atoms with Gasteiger partial charge in [0.05, 0.1) is 18.0 Å². The van der Waals surface area contributed by atoms with E-state index in [1.807, 2.05) is 36.6 Å². The highest BCUT2D eigenvalue weighted by Gasteiger charge is 2.16. The maximum atomic E-state index is 13.9. The molecule has 0 aliphatic heterocycles. The minimum atomic E-state index is -0.517. The van der Waals surface area contributed by atoms with Gasteiger partial charge in [-0.3, -0.25) is 9.59 Å². The first-order chi connectivity index (χ1) is 14.9. The fourth-order valence-electron chi connectivity index (χ4n) is 2.86. The fraction of sp³-hybridized carbons (Fsp3) is 0.238. The Morgan fingerprint density at radius 1 is 1.19 bits per heavy atom. The topological polar surface area (TPSA) is 88.9 Å². The lowest BCUT2D eigenvalue weighted by Crippen LogP contribution is -2.25. The maximum Gasteiger partial charge on any atom is 0.251 e. The Labute approximate surface area is 192 Å². The van der Waals surface area contributed by atoms with Crippen molar-refractivity contribution < 1.29 is 14.0 Å². The molecule has 0 aliphatic rings. The van der Waals surface area contributed by atoms with Crippen LogP contribution in [0.15, 0.2) is 52.1 Å². The molecular weight excluding hydrogens is 485 g/mol. The minimum Gasteiger partial charge on any atom is -0.345 e. The normalized spacial score (nSPS) is 10.7. The van der Waals surface area contributed by atoms with Crippen LogP contribution in [0, 0.1) is 12.7 Å². The van der Waals surface area contributed by atoms with Crippen LogP contribution in [-0.4, -0.2) is 32.3 Å². The number of hydrogen-bond acceptors (Lipinski definition) is 5. The van der Waals surface area contributed by atoms with Crippen molar-refractivity contribution in [3.63, 3.8) is 0 Å². The van der Waals surface area contributed by atoms with Gasteiger partial charge in [-0.05, 0) is 43.7 Å². The Morgan fingerprint density at radius 2 is 1.97 bits per heavy atom. The second kappa shape index (κ2) is 10.5. The highest BCUT2D eigenvalue weighted by atomic mass is 79.9. The first kappa shape index (κ1) is 23.0. The summed E-state index contributed by atoms with van der Waals surface area (Å²) in [4.78, 5) is 24.6. The average Bonchev–Trinajstić information content (AvgIpc) is 3.14. The first-order valence-corrected chi connectivity index (χ1v) is 11.3. The van der Waals surface area contributed by atoms with Crippen molar-refractivity contribution in [2.24, 2.45) is 0 Å². The van der Waals surface area contributed by atoms with Crippen molar-refractivity contribution in [2.45, 2.75) is 32.1 Å². The Balaban J connectivity index is 1.58. The van der Waals surface area contributed by atoms with Gasteiger partial charge in [0.25, 0.3) is 5.91 Å². The number of nitrogens with one attached hydrogen (secondary N) is 2. The molecule has 2 amide bonds. The Morgan fingerprint density at radius 3 is 2.68 bits per heavy atom. The molecule has 3 aromatic rings. The quantitative estimate of drug-likeness (QED) is 0.448. The number of benzene rings is 2. The molecule has 0 spiro atoms. The third-order valence-electron chi connectivity index (χ3n) is 4.44. The summed E-state index contributed by atoms with van der Waals surface area (Å²) in [5.41, 5.74) is 1.61. The molecule has 0 aliphatic carbocycles. The molecule has 1 heterocycles. The van der Waals surface area contributed by atoms with E-state index in [1.54, 1.807) is 12.1 Å². The van der Waals surface area contributed by atoms with Crippen LogP contribution in [0.5, 0.6) is 0 Å². The first-order valence-electron chi connectivity index (χ1n) is 9.52. The van der Waals surface area contributed by atoms with Crippen LogP contribution in [0.25, 0.3) is 0 Å². The number of aromatic nitrogens is 3. The van der Waals surface area contributed by atoms with E-state index in [-0.39, 0.29) is 29.8 Å². The van der Waals surface area contributed by atoms with Crippen LogP contribution in [0.1, 0.15) is 28.7 Å². The lowest BCUT2D eigenvalue weighted by molar-refractivity contribution is -0.113. The molecular formula is C21H21BrFN5O2S. The van der Waals surface area contributed by atoms with Gasteiger partial charge in [-0.1, -0.05) is 45.9 Å². The Hall–Kier alpha value is -2.72. The molecule has 7 nitrogen and oxygen atoms in total. The zero-order valence-electron chi connectivity index (χ0n) is 17.0. The molecule has 3 rings (SSSR count). The monoisotopic (exact) mass is 505 g/mol. The molecule has 2 N–H and O–H groups in total. The molecule has 0 bridgehead atoms. The molecule has 31 heavy (non-hydrogen) atoms. The van der Waals surface area contributed by atoms with Crippen LogP contribution in [-0.2, 0) is 17.9 Å².